The fraction of sp³-hybridized carbons (Fsp3) is 0.125. The van der Waals surface area contributed by atoms with Gasteiger partial charge in [0.1, 0.15) is 11.5 Å². The summed E-state index contributed by atoms with van der Waals surface area (Å²) in [5.74, 6) is -0.724. The minimum atomic E-state index is -4.00. The van der Waals surface area contributed by atoms with Crippen LogP contribution in [0.4, 0.5) is 5.69 Å². The maximum atomic E-state index is 13.7. The van der Waals surface area contributed by atoms with Gasteiger partial charge in [-0.05, 0) is 85.3 Å². The monoisotopic (exact) mass is 704 g/mol. The summed E-state index contributed by atoms with van der Waals surface area (Å²) >= 11 is 24.3. The van der Waals surface area contributed by atoms with Gasteiger partial charge in [-0.25, -0.2) is 13.2 Å². The first kappa shape index (κ1) is 32.8. The van der Waals surface area contributed by atoms with E-state index in [1.807, 2.05) is 0 Å². The van der Waals surface area contributed by atoms with Crippen LogP contribution < -0.4 is 4.90 Å². The molecule has 1 aromatic heterocycles. The molecule has 232 valence electrons. The lowest BCUT2D eigenvalue weighted by molar-refractivity contribution is -0.136. The summed E-state index contributed by atoms with van der Waals surface area (Å²) in [5, 5.41) is 1.46. The number of carbonyl (C=O) groups excluding carboxylic acids is 2. The summed E-state index contributed by atoms with van der Waals surface area (Å²) in [7, 11) is -2.79. The number of ether oxygens (including phenoxy) is 1. The summed E-state index contributed by atoms with van der Waals surface area (Å²) in [6.45, 7) is 1.49. The highest BCUT2D eigenvalue weighted by Gasteiger charge is 2.38. The lowest BCUT2D eigenvalue weighted by Crippen LogP contribution is -2.30. The third kappa shape index (κ3) is 6.99. The third-order valence-corrected chi connectivity index (χ3v) is 10.0. The van der Waals surface area contributed by atoms with E-state index in [0.29, 0.717) is 37.8 Å². The van der Waals surface area contributed by atoms with E-state index in [-0.39, 0.29) is 39.9 Å². The number of carbonyl (C=O) groups is 2. The Kier molecular flexibility index (Phi) is 9.79. The van der Waals surface area contributed by atoms with Gasteiger partial charge in [-0.1, -0.05) is 58.5 Å². The Bertz CT molecular complexity index is 1950. The molecule has 1 amide bonds. The Hall–Kier alpha value is -3.57. The van der Waals surface area contributed by atoms with Crippen LogP contribution in [0.3, 0.4) is 0 Å². The Morgan fingerprint density at radius 1 is 0.889 bits per heavy atom. The number of halogens is 4. The molecule has 0 N–H and O–H groups in total. The summed E-state index contributed by atoms with van der Waals surface area (Å²) in [5.41, 5.74) is 1.50. The van der Waals surface area contributed by atoms with Crippen LogP contribution in [0.1, 0.15) is 24.0 Å². The predicted octanol–water partition coefficient (Wildman–Crippen LogP) is 8.16. The average molecular weight is 706 g/mol. The number of rotatable bonds is 9. The molecule has 0 saturated carbocycles. The highest BCUT2D eigenvalue weighted by atomic mass is 35.5. The van der Waals surface area contributed by atoms with Crippen LogP contribution >= 0.6 is 46.4 Å². The van der Waals surface area contributed by atoms with Crippen molar-refractivity contribution < 1.29 is 27.2 Å². The smallest absolute Gasteiger partial charge is 0.340 e. The third-order valence-electron chi connectivity index (χ3n) is 6.98. The first-order valence-corrected chi connectivity index (χ1v) is 16.2. The van der Waals surface area contributed by atoms with Gasteiger partial charge in [0.2, 0.25) is 10.0 Å². The highest BCUT2D eigenvalue weighted by molar-refractivity contribution is 7.89. The normalized spacial score (nSPS) is 14.6. The van der Waals surface area contributed by atoms with Gasteiger partial charge in [0, 0.05) is 22.3 Å². The Labute approximate surface area is 280 Å². The molecule has 1 aliphatic rings. The van der Waals surface area contributed by atoms with Crippen LogP contribution in [0.25, 0.3) is 6.08 Å². The number of esters is 1. The molecule has 13 heteroatoms. The maximum absolute atomic E-state index is 13.7. The van der Waals surface area contributed by atoms with Crippen LogP contribution in [-0.4, -0.2) is 31.7 Å². The van der Waals surface area contributed by atoms with E-state index in [9.17, 15) is 18.0 Å². The second-order valence-electron chi connectivity index (χ2n) is 9.91. The molecular weight excluding hydrogens is 682 g/mol. The van der Waals surface area contributed by atoms with Gasteiger partial charge in [0.25, 0.3) is 5.91 Å². The van der Waals surface area contributed by atoms with E-state index in [1.54, 1.807) is 55.5 Å². The zero-order valence-corrected chi connectivity index (χ0v) is 27.6. The number of benzene rings is 3. The van der Waals surface area contributed by atoms with E-state index in [0.717, 1.165) is 0 Å². The maximum Gasteiger partial charge on any atom is 0.340 e. The Balaban J connectivity index is 1.49. The van der Waals surface area contributed by atoms with Gasteiger partial charge in [0.15, 0.2) is 0 Å². The van der Waals surface area contributed by atoms with Gasteiger partial charge in [0.05, 0.1) is 45.4 Å². The average Bonchev–Trinajstić information content (AvgIpc) is 3.55. The molecule has 45 heavy (non-hydrogen) atoms. The van der Waals surface area contributed by atoms with Gasteiger partial charge >= 0.3 is 5.97 Å². The van der Waals surface area contributed by atoms with Crippen molar-refractivity contribution in [2.24, 2.45) is 0 Å². The number of hydrogen-bond acceptors (Lipinski definition) is 6. The van der Waals surface area contributed by atoms with Crippen LogP contribution in [0, 0.1) is 0 Å². The quantitative estimate of drug-likeness (QED) is 0.129. The molecule has 0 aliphatic carbocycles. The molecule has 4 aromatic rings. The van der Waals surface area contributed by atoms with E-state index in [1.165, 1.54) is 52.7 Å². The van der Waals surface area contributed by atoms with Gasteiger partial charge < -0.3 is 9.15 Å². The van der Waals surface area contributed by atoms with Gasteiger partial charge in [-0.15, -0.1) is 0 Å². The van der Waals surface area contributed by atoms with E-state index in [2.05, 4.69) is 0 Å². The summed E-state index contributed by atoms with van der Waals surface area (Å²) in [6, 6.07) is 20.5. The van der Waals surface area contributed by atoms with Crippen LogP contribution in [0.5, 0.6) is 0 Å². The first-order valence-electron chi connectivity index (χ1n) is 13.3. The lowest BCUT2D eigenvalue weighted by Gasteiger charge is -2.21. The largest absolute Gasteiger partial charge is 0.465 e. The van der Waals surface area contributed by atoms with E-state index >= 15 is 0 Å². The number of methoxy groups -OCH3 is 1. The van der Waals surface area contributed by atoms with Gasteiger partial charge in [-0.3, -0.25) is 9.69 Å². The molecule has 1 aliphatic heterocycles. The first-order chi connectivity index (χ1) is 21.4. The summed E-state index contributed by atoms with van der Waals surface area (Å²) < 4.78 is 39.7. The number of furan rings is 1. The zero-order chi connectivity index (χ0) is 32.5. The number of amides is 1. The number of allylic oxidation sites excluding steroid dienone is 1. The van der Waals surface area contributed by atoms with Crippen molar-refractivity contribution in [3.8, 4) is 0 Å². The molecule has 5 rings (SSSR count). The van der Waals surface area contributed by atoms with Crippen LogP contribution in [0.15, 0.2) is 105 Å². The Morgan fingerprint density at radius 3 is 2.16 bits per heavy atom. The molecule has 0 unspecified atom stereocenters. The van der Waals surface area contributed by atoms with Crippen molar-refractivity contribution in [2.75, 3.05) is 12.0 Å². The molecule has 8 nitrogen and oxygen atoms in total. The number of hydrogen-bond donors (Lipinski definition) is 0. The topological polar surface area (TPSA) is 97.1 Å². The predicted molar refractivity (Wildman–Crippen MR) is 175 cm³/mol. The Morgan fingerprint density at radius 2 is 1.53 bits per heavy atom. The number of anilines is 1. The van der Waals surface area contributed by atoms with Crippen LogP contribution in [0.2, 0.25) is 20.1 Å². The van der Waals surface area contributed by atoms with Crippen molar-refractivity contribution in [3.63, 3.8) is 0 Å². The molecule has 0 atom stereocenters. The highest BCUT2D eigenvalue weighted by Crippen LogP contribution is 2.38. The molecule has 0 spiro atoms. The SMILES string of the molecule is COC(=O)C1=C(C)N(c2ccc(Cl)c(Cl)c2)C(=O)/C1=C/c1ccc(CN(Cc2ccc(Cl)cc2)S(=O)(=O)c2ccc(Cl)cc2)o1. The molecular formula is C32H24Cl4N2O6S. The molecule has 0 fully saturated rings. The van der Waals surface area contributed by atoms with Crippen molar-refractivity contribution in [1.82, 2.24) is 4.31 Å². The van der Waals surface area contributed by atoms with Crippen LogP contribution in [-0.2, 0) is 37.4 Å². The van der Waals surface area contributed by atoms with Gasteiger partial charge in [-0.2, -0.15) is 4.31 Å². The minimum Gasteiger partial charge on any atom is -0.465 e. The van der Waals surface area contributed by atoms with E-state index < -0.39 is 21.9 Å². The lowest BCUT2D eigenvalue weighted by atomic mass is 10.1. The molecule has 2 heterocycles. The fourth-order valence-electron chi connectivity index (χ4n) is 4.76. The minimum absolute atomic E-state index is 0.0186. The van der Waals surface area contributed by atoms with Crippen molar-refractivity contribution in [2.45, 2.75) is 24.9 Å². The van der Waals surface area contributed by atoms with Crippen molar-refractivity contribution in [3.05, 3.63) is 133 Å². The molecule has 0 saturated heterocycles. The number of sulfonamides is 1. The van der Waals surface area contributed by atoms with Crippen molar-refractivity contribution in [1.29, 1.82) is 0 Å². The molecule has 0 bridgehead atoms. The van der Waals surface area contributed by atoms with Crippen molar-refractivity contribution >= 4 is 80.1 Å². The summed E-state index contributed by atoms with van der Waals surface area (Å²) in [4.78, 5) is 27.9. The second kappa shape index (κ2) is 13.4. The van der Waals surface area contributed by atoms with E-state index in [4.69, 9.17) is 55.6 Å². The number of nitrogens with zero attached hydrogens (tertiary/aromatic N) is 2. The standard InChI is InChI=1S/C32H24Cl4N2O6S/c1-19-30(32(40)43-2)27(31(39)38(19)23-9-14-28(35)29(36)15-23)16-24-10-11-25(44-24)18-37(17-20-3-5-21(33)6-4-20)45(41,42)26-12-7-22(34)8-13-26/h3-16H,17-18H2,1-2H3/b27-16+. The summed E-state index contributed by atoms with van der Waals surface area (Å²) in [6.07, 6.45) is 1.41. The molecule has 0 radical (unpaired) electrons. The fourth-order valence-corrected chi connectivity index (χ4v) is 6.70. The molecule has 3 aromatic carbocycles. The second-order valence-corrected chi connectivity index (χ2v) is 13.5. The zero-order valence-electron chi connectivity index (χ0n) is 23.8.